The van der Waals surface area contributed by atoms with E-state index in [2.05, 4.69) is 4.98 Å². The van der Waals surface area contributed by atoms with Gasteiger partial charge in [0.1, 0.15) is 6.04 Å². The van der Waals surface area contributed by atoms with Gasteiger partial charge in [0.25, 0.3) is 0 Å². The van der Waals surface area contributed by atoms with E-state index in [9.17, 15) is 9.18 Å². The van der Waals surface area contributed by atoms with Crippen molar-refractivity contribution in [1.29, 1.82) is 0 Å². The predicted octanol–water partition coefficient (Wildman–Crippen LogP) is 0.866. The number of pyridine rings is 1. The lowest BCUT2D eigenvalue weighted by Crippen LogP contribution is -2.23. The number of fused-ring (bicyclic) bond motifs is 1. The first kappa shape index (κ1) is 10.6. The maximum Gasteiger partial charge on any atom is 0.326 e. The summed E-state index contributed by atoms with van der Waals surface area (Å²) in [5.74, 6) is -1.68. The molecule has 0 spiro atoms. The third-order valence-electron chi connectivity index (χ3n) is 2.38. The first-order chi connectivity index (χ1) is 7.52. The van der Waals surface area contributed by atoms with Crippen molar-refractivity contribution in [3.05, 3.63) is 35.5 Å². The Morgan fingerprint density at radius 2 is 2.38 bits per heavy atom. The predicted molar refractivity (Wildman–Crippen MR) is 54.5 cm³/mol. The summed E-state index contributed by atoms with van der Waals surface area (Å²) in [6, 6.07) is 1.52. The van der Waals surface area contributed by atoms with Crippen molar-refractivity contribution < 1.29 is 14.3 Å². The molecule has 0 aliphatic heterocycles. The van der Waals surface area contributed by atoms with Gasteiger partial charge in [0, 0.05) is 6.20 Å². The number of halogens is 1. The maximum absolute atomic E-state index is 13.4. The van der Waals surface area contributed by atoms with Crippen molar-refractivity contribution >= 4 is 11.6 Å². The Labute approximate surface area is 90.3 Å². The molecule has 2 aromatic heterocycles. The number of aromatic nitrogens is 2. The van der Waals surface area contributed by atoms with Gasteiger partial charge in [0.05, 0.1) is 11.4 Å². The monoisotopic (exact) mass is 223 g/mol. The Morgan fingerprint density at radius 1 is 1.69 bits per heavy atom. The topological polar surface area (TPSA) is 80.6 Å². The molecule has 2 heterocycles. The molecule has 16 heavy (non-hydrogen) atoms. The number of aryl methyl sites for hydroxylation is 1. The first-order valence-corrected chi connectivity index (χ1v) is 4.64. The quantitative estimate of drug-likeness (QED) is 0.791. The number of hydrogen-bond acceptors (Lipinski definition) is 3. The van der Waals surface area contributed by atoms with E-state index in [1.807, 2.05) is 0 Å². The largest absolute Gasteiger partial charge is 0.480 e. The number of nitrogens with zero attached hydrogens (tertiary/aromatic N) is 2. The van der Waals surface area contributed by atoms with Crippen LogP contribution in [0.5, 0.6) is 0 Å². The number of nitrogens with two attached hydrogens (primary N) is 1. The van der Waals surface area contributed by atoms with Crippen LogP contribution in [-0.4, -0.2) is 20.5 Å². The molecule has 2 rings (SSSR count). The standard InChI is InChI=1S/C10H10FN3O2/c1-5-8(7(12)10(15)16)14-4-2-3-6(11)9(14)13-5/h2-4,7H,12H2,1H3,(H,15,16). The molecule has 0 radical (unpaired) electrons. The van der Waals surface area contributed by atoms with E-state index in [-0.39, 0.29) is 5.65 Å². The van der Waals surface area contributed by atoms with E-state index in [0.29, 0.717) is 11.4 Å². The van der Waals surface area contributed by atoms with Crippen molar-refractivity contribution in [2.24, 2.45) is 5.73 Å². The highest BCUT2D eigenvalue weighted by molar-refractivity contribution is 5.75. The highest BCUT2D eigenvalue weighted by Gasteiger charge is 2.22. The second-order valence-electron chi connectivity index (χ2n) is 3.45. The fourth-order valence-electron chi connectivity index (χ4n) is 1.66. The summed E-state index contributed by atoms with van der Waals surface area (Å²) in [6.45, 7) is 1.60. The molecule has 0 amide bonds. The molecule has 3 N–H and O–H groups in total. The highest BCUT2D eigenvalue weighted by atomic mass is 19.1. The molecule has 0 saturated heterocycles. The molecule has 84 valence electrons. The fourth-order valence-corrected chi connectivity index (χ4v) is 1.66. The summed E-state index contributed by atoms with van der Waals surface area (Å²) in [5.41, 5.74) is 6.32. The molecule has 0 aromatic carbocycles. The van der Waals surface area contributed by atoms with E-state index in [1.165, 1.54) is 22.7 Å². The first-order valence-electron chi connectivity index (χ1n) is 4.64. The van der Waals surface area contributed by atoms with Crippen LogP contribution in [0.15, 0.2) is 18.3 Å². The second-order valence-corrected chi connectivity index (χ2v) is 3.45. The summed E-state index contributed by atoms with van der Waals surface area (Å²) in [6.07, 6.45) is 1.54. The lowest BCUT2D eigenvalue weighted by molar-refractivity contribution is -0.138. The maximum atomic E-state index is 13.4. The third kappa shape index (κ3) is 1.43. The minimum Gasteiger partial charge on any atom is -0.480 e. The van der Waals surface area contributed by atoms with Crippen molar-refractivity contribution in [2.75, 3.05) is 0 Å². The van der Waals surface area contributed by atoms with Gasteiger partial charge in [-0.25, -0.2) is 9.37 Å². The number of carbonyl (C=O) groups is 1. The zero-order valence-corrected chi connectivity index (χ0v) is 8.51. The molecule has 6 heteroatoms. The van der Waals surface area contributed by atoms with Crippen LogP contribution in [0.4, 0.5) is 4.39 Å². The van der Waals surface area contributed by atoms with Crippen LogP contribution in [0.1, 0.15) is 17.4 Å². The SMILES string of the molecule is Cc1nc2c(F)cccn2c1C(N)C(=O)O. The van der Waals surface area contributed by atoms with Gasteiger partial charge in [-0.15, -0.1) is 0 Å². The number of imidazole rings is 1. The normalized spacial score (nSPS) is 12.9. The van der Waals surface area contributed by atoms with Crippen molar-refractivity contribution in [1.82, 2.24) is 9.38 Å². The van der Waals surface area contributed by atoms with Crippen molar-refractivity contribution in [3.63, 3.8) is 0 Å². The lowest BCUT2D eigenvalue weighted by Gasteiger charge is -2.07. The van der Waals surface area contributed by atoms with Crippen LogP contribution in [0.3, 0.4) is 0 Å². The van der Waals surface area contributed by atoms with Crippen molar-refractivity contribution in [2.45, 2.75) is 13.0 Å². The van der Waals surface area contributed by atoms with Gasteiger partial charge in [0.2, 0.25) is 0 Å². The summed E-state index contributed by atoms with van der Waals surface area (Å²) in [7, 11) is 0. The number of carboxylic acids is 1. The summed E-state index contributed by atoms with van der Waals surface area (Å²) < 4.78 is 14.7. The van der Waals surface area contributed by atoms with Gasteiger partial charge in [-0.05, 0) is 19.1 Å². The van der Waals surface area contributed by atoms with E-state index in [4.69, 9.17) is 10.8 Å². The molecule has 1 atom stereocenters. The smallest absolute Gasteiger partial charge is 0.326 e. The van der Waals surface area contributed by atoms with Crippen LogP contribution in [0.2, 0.25) is 0 Å². The molecule has 0 bridgehead atoms. The zero-order chi connectivity index (χ0) is 11.9. The van der Waals surface area contributed by atoms with Gasteiger partial charge in [-0.1, -0.05) is 0 Å². The van der Waals surface area contributed by atoms with Gasteiger partial charge in [-0.2, -0.15) is 0 Å². The van der Waals surface area contributed by atoms with Crippen LogP contribution >= 0.6 is 0 Å². The molecule has 5 nitrogen and oxygen atoms in total. The average Bonchev–Trinajstić information content (AvgIpc) is 2.55. The molecular formula is C10H10FN3O2. The van der Waals surface area contributed by atoms with Crippen LogP contribution in [0, 0.1) is 12.7 Å². The summed E-state index contributed by atoms with van der Waals surface area (Å²) in [4.78, 5) is 14.8. The van der Waals surface area contributed by atoms with E-state index >= 15 is 0 Å². The summed E-state index contributed by atoms with van der Waals surface area (Å²) in [5, 5.41) is 8.85. The second kappa shape index (κ2) is 3.57. The minimum atomic E-state index is -1.21. The number of rotatable bonds is 2. The van der Waals surface area contributed by atoms with E-state index in [1.54, 1.807) is 6.92 Å². The molecule has 0 saturated carbocycles. The minimum absolute atomic E-state index is 0.0895. The molecule has 0 aliphatic rings. The summed E-state index contributed by atoms with van der Waals surface area (Å²) >= 11 is 0. The third-order valence-corrected chi connectivity index (χ3v) is 2.38. The average molecular weight is 223 g/mol. The van der Waals surface area contributed by atoms with Crippen LogP contribution in [0.25, 0.3) is 5.65 Å². The number of hydrogen-bond donors (Lipinski definition) is 2. The number of aliphatic carboxylic acids is 1. The van der Waals surface area contributed by atoms with Gasteiger partial charge < -0.3 is 10.8 Å². The highest BCUT2D eigenvalue weighted by Crippen LogP contribution is 2.19. The zero-order valence-electron chi connectivity index (χ0n) is 8.51. The molecular weight excluding hydrogens is 213 g/mol. The molecule has 1 unspecified atom stereocenters. The lowest BCUT2D eigenvalue weighted by atomic mass is 10.2. The van der Waals surface area contributed by atoms with Gasteiger partial charge in [-0.3, -0.25) is 9.20 Å². The Morgan fingerprint density at radius 3 is 3.00 bits per heavy atom. The van der Waals surface area contributed by atoms with E-state index in [0.717, 1.165) is 0 Å². The van der Waals surface area contributed by atoms with Crippen molar-refractivity contribution in [3.8, 4) is 0 Å². The Hall–Kier alpha value is -1.95. The Kier molecular flexibility index (Phi) is 2.35. The Balaban J connectivity index is 2.74. The van der Waals surface area contributed by atoms with Crippen LogP contribution in [-0.2, 0) is 4.79 Å². The van der Waals surface area contributed by atoms with Gasteiger partial charge in [0.15, 0.2) is 11.5 Å². The molecule has 2 aromatic rings. The van der Waals surface area contributed by atoms with Gasteiger partial charge >= 0.3 is 5.97 Å². The molecule has 0 aliphatic carbocycles. The molecule has 0 fully saturated rings. The number of carboxylic acid groups (broad SMARTS) is 1. The Bertz CT molecular complexity index is 564. The fraction of sp³-hybridized carbons (Fsp3) is 0.200. The van der Waals surface area contributed by atoms with E-state index < -0.39 is 17.8 Å². The van der Waals surface area contributed by atoms with Crippen LogP contribution < -0.4 is 5.73 Å².